The van der Waals surface area contributed by atoms with Crippen molar-refractivity contribution >= 4 is 0 Å². The van der Waals surface area contributed by atoms with Gasteiger partial charge in [-0.2, -0.15) is 5.26 Å². The summed E-state index contributed by atoms with van der Waals surface area (Å²) in [7, 11) is 0. The molecule has 0 unspecified atom stereocenters. The molecule has 12 heavy (non-hydrogen) atoms. The van der Waals surface area contributed by atoms with E-state index in [-0.39, 0.29) is 6.10 Å². The Bertz CT molecular complexity index is 139. The van der Waals surface area contributed by atoms with Crippen LogP contribution in [0.3, 0.4) is 0 Å². The van der Waals surface area contributed by atoms with Crippen molar-refractivity contribution in [3.05, 3.63) is 0 Å². The third-order valence-electron chi connectivity index (χ3n) is 1.95. The molecular weight excluding hydrogens is 150 g/mol. The van der Waals surface area contributed by atoms with Gasteiger partial charge < -0.3 is 4.74 Å². The SMILES string of the molecule is CC.C[C@H]1CCO[C@@H](CC#N)C1. The highest BCUT2D eigenvalue weighted by Gasteiger charge is 2.18. The molecule has 0 aliphatic carbocycles. The number of ether oxygens (including phenoxy) is 1. The van der Waals surface area contributed by atoms with Crippen LogP contribution in [0.2, 0.25) is 0 Å². The van der Waals surface area contributed by atoms with Gasteiger partial charge in [-0.25, -0.2) is 0 Å². The second-order valence-corrected chi connectivity index (χ2v) is 2.98. The smallest absolute Gasteiger partial charge is 0.0707 e. The third-order valence-corrected chi connectivity index (χ3v) is 1.95. The van der Waals surface area contributed by atoms with E-state index in [1.54, 1.807) is 0 Å². The molecule has 0 N–H and O–H groups in total. The zero-order valence-electron chi connectivity index (χ0n) is 8.34. The number of nitrogens with zero attached hydrogens (tertiary/aromatic N) is 1. The fourth-order valence-corrected chi connectivity index (χ4v) is 1.31. The molecular formula is C10H19NO. The van der Waals surface area contributed by atoms with Crippen LogP contribution in [0.4, 0.5) is 0 Å². The first-order chi connectivity index (χ1) is 5.83. The van der Waals surface area contributed by atoms with Gasteiger partial charge in [0.15, 0.2) is 0 Å². The molecule has 0 radical (unpaired) electrons. The van der Waals surface area contributed by atoms with Crippen molar-refractivity contribution in [3.63, 3.8) is 0 Å². The van der Waals surface area contributed by atoms with Gasteiger partial charge in [-0.05, 0) is 18.8 Å². The van der Waals surface area contributed by atoms with Crippen LogP contribution in [-0.4, -0.2) is 12.7 Å². The Morgan fingerprint density at radius 2 is 2.17 bits per heavy atom. The highest BCUT2D eigenvalue weighted by Crippen LogP contribution is 2.20. The minimum Gasteiger partial charge on any atom is -0.377 e. The van der Waals surface area contributed by atoms with Crippen LogP contribution in [0.25, 0.3) is 0 Å². The summed E-state index contributed by atoms with van der Waals surface area (Å²) in [6.45, 7) is 7.06. The molecule has 0 amide bonds. The lowest BCUT2D eigenvalue weighted by Crippen LogP contribution is -2.23. The van der Waals surface area contributed by atoms with Crippen LogP contribution in [-0.2, 0) is 4.74 Å². The van der Waals surface area contributed by atoms with Gasteiger partial charge in [0.1, 0.15) is 0 Å². The Balaban J connectivity index is 0.000000561. The lowest BCUT2D eigenvalue weighted by atomic mass is 9.96. The first-order valence-electron chi connectivity index (χ1n) is 4.81. The number of rotatable bonds is 1. The molecule has 2 heteroatoms. The number of hydrogen-bond donors (Lipinski definition) is 0. The van der Waals surface area contributed by atoms with Gasteiger partial charge in [0.25, 0.3) is 0 Å². The van der Waals surface area contributed by atoms with Crippen molar-refractivity contribution < 1.29 is 4.74 Å². The Morgan fingerprint density at radius 3 is 2.67 bits per heavy atom. The molecule has 1 rings (SSSR count). The normalized spacial score (nSPS) is 28.2. The maximum atomic E-state index is 8.37. The van der Waals surface area contributed by atoms with Crippen molar-refractivity contribution in [1.82, 2.24) is 0 Å². The van der Waals surface area contributed by atoms with Crippen LogP contribution in [0.5, 0.6) is 0 Å². The van der Waals surface area contributed by atoms with E-state index in [1.807, 2.05) is 13.8 Å². The topological polar surface area (TPSA) is 33.0 Å². The summed E-state index contributed by atoms with van der Waals surface area (Å²) in [6.07, 6.45) is 2.99. The van der Waals surface area contributed by atoms with Gasteiger partial charge in [-0.1, -0.05) is 20.8 Å². The Morgan fingerprint density at radius 1 is 1.50 bits per heavy atom. The Kier molecular flexibility index (Phi) is 6.79. The summed E-state index contributed by atoms with van der Waals surface area (Å²) in [4.78, 5) is 0. The van der Waals surface area contributed by atoms with Crippen LogP contribution in [0.1, 0.15) is 40.0 Å². The van der Waals surface area contributed by atoms with Crippen molar-refractivity contribution in [2.24, 2.45) is 5.92 Å². The first-order valence-corrected chi connectivity index (χ1v) is 4.81. The van der Waals surface area contributed by atoms with E-state index in [0.717, 1.165) is 25.4 Å². The second-order valence-electron chi connectivity index (χ2n) is 2.98. The summed E-state index contributed by atoms with van der Waals surface area (Å²) in [5, 5.41) is 8.37. The Hall–Kier alpha value is -0.550. The molecule has 0 spiro atoms. The highest BCUT2D eigenvalue weighted by molar-refractivity contribution is 4.79. The molecule has 1 fully saturated rings. The summed E-state index contributed by atoms with van der Waals surface area (Å²) in [5.74, 6) is 0.743. The molecule has 0 aromatic rings. The lowest BCUT2D eigenvalue weighted by molar-refractivity contribution is -0.00161. The molecule has 1 aliphatic rings. The molecule has 1 heterocycles. The monoisotopic (exact) mass is 169 g/mol. The minimum absolute atomic E-state index is 0.216. The van der Waals surface area contributed by atoms with Crippen LogP contribution in [0, 0.1) is 17.2 Å². The minimum atomic E-state index is 0.216. The van der Waals surface area contributed by atoms with Crippen molar-refractivity contribution in [2.45, 2.75) is 46.1 Å². The molecule has 0 aromatic carbocycles. The van der Waals surface area contributed by atoms with Crippen LogP contribution < -0.4 is 0 Å². The zero-order valence-corrected chi connectivity index (χ0v) is 8.34. The van der Waals surface area contributed by atoms with Crippen molar-refractivity contribution in [3.8, 4) is 6.07 Å². The van der Waals surface area contributed by atoms with E-state index in [4.69, 9.17) is 10.00 Å². The van der Waals surface area contributed by atoms with Crippen molar-refractivity contribution in [1.29, 1.82) is 5.26 Å². The van der Waals surface area contributed by atoms with Gasteiger partial charge in [0.05, 0.1) is 18.6 Å². The second kappa shape index (κ2) is 7.12. The van der Waals surface area contributed by atoms with E-state index in [0.29, 0.717) is 6.42 Å². The highest BCUT2D eigenvalue weighted by atomic mass is 16.5. The standard InChI is InChI=1S/C8H13NO.C2H6/c1-7-3-5-10-8(6-7)2-4-9;1-2/h7-8H,2-3,5-6H2,1H3;1-2H3/t7-,8-;/m0./s1. The predicted molar refractivity (Wildman–Crippen MR) is 49.7 cm³/mol. The Labute approximate surface area is 75.5 Å². The molecule has 0 saturated carbocycles. The quantitative estimate of drug-likeness (QED) is 0.604. The maximum Gasteiger partial charge on any atom is 0.0707 e. The van der Waals surface area contributed by atoms with E-state index < -0.39 is 0 Å². The van der Waals surface area contributed by atoms with E-state index in [1.165, 1.54) is 0 Å². The van der Waals surface area contributed by atoms with Crippen LogP contribution >= 0.6 is 0 Å². The average Bonchev–Trinajstić information content (AvgIpc) is 2.09. The number of nitriles is 1. The summed E-state index contributed by atoms with van der Waals surface area (Å²) >= 11 is 0. The average molecular weight is 169 g/mol. The molecule has 1 saturated heterocycles. The van der Waals surface area contributed by atoms with E-state index in [2.05, 4.69) is 13.0 Å². The molecule has 0 aromatic heterocycles. The van der Waals surface area contributed by atoms with Gasteiger partial charge in [-0.15, -0.1) is 0 Å². The summed E-state index contributed by atoms with van der Waals surface area (Å²) in [5.41, 5.74) is 0. The van der Waals surface area contributed by atoms with Gasteiger partial charge in [0.2, 0.25) is 0 Å². The molecule has 0 bridgehead atoms. The lowest BCUT2D eigenvalue weighted by Gasteiger charge is -2.25. The third kappa shape index (κ3) is 4.35. The largest absolute Gasteiger partial charge is 0.377 e. The molecule has 2 atom stereocenters. The summed E-state index contributed by atoms with van der Waals surface area (Å²) < 4.78 is 5.37. The van der Waals surface area contributed by atoms with Gasteiger partial charge >= 0.3 is 0 Å². The number of hydrogen-bond acceptors (Lipinski definition) is 2. The van der Waals surface area contributed by atoms with Gasteiger partial charge in [-0.3, -0.25) is 0 Å². The van der Waals surface area contributed by atoms with Crippen molar-refractivity contribution in [2.75, 3.05) is 6.61 Å². The fraction of sp³-hybridized carbons (Fsp3) is 0.900. The van der Waals surface area contributed by atoms with Gasteiger partial charge in [0, 0.05) is 6.61 Å². The summed E-state index contributed by atoms with van der Waals surface area (Å²) in [6, 6.07) is 2.13. The maximum absolute atomic E-state index is 8.37. The first kappa shape index (κ1) is 11.4. The predicted octanol–water partition coefficient (Wildman–Crippen LogP) is 2.74. The molecule has 1 aliphatic heterocycles. The van der Waals surface area contributed by atoms with Crippen LogP contribution in [0.15, 0.2) is 0 Å². The van der Waals surface area contributed by atoms with E-state index in [9.17, 15) is 0 Å². The molecule has 2 nitrogen and oxygen atoms in total. The zero-order chi connectivity index (χ0) is 9.40. The van der Waals surface area contributed by atoms with E-state index >= 15 is 0 Å². The molecule has 70 valence electrons. The fourth-order valence-electron chi connectivity index (χ4n) is 1.31.